The molecule has 4 amide bonds. The van der Waals surface area contributed by atoms with E-state index in [9.17, 15) is 34.2 Å². The molecule has 13 heteroatoms. The Labute approximate surface area is 242 Å². The van der Waals surface area contributed by atoms with Gasteiger partial charge in [0.15, 0.2) is 0 Å². The van der Waals surface area contributed by atoms with E-state index in [0.29, 0.717) is 11.1 Å². The summed E-state index contributed by atoms with van der Waals surface area (Å²) in [6.45, 7) is 3.51. The maximum absolute atomic E-state index is 13.5. The Hall–Kier alpha value is -4.91. The Morgan fingerprint density at radius 2 is 1.43 bits per heavy atom. The van der Waals surface area contributed by atoms with Crippen LogP contribution < -0.4 is 27.4 Å². The first-order valence-corrected chi connectivity index (χ1v) is 13.4. The van der Waals surface area contributed by atoms with Crippen molar-refractivity contribution in [2.24, 2.45) is 17.4 Å². The lowest BCUT2D eigenvalue weighted by atomic mass is 10.0. The van der Waals surface area contributed by atoms with Gasteiger partial charge in [-0.3, -0.25) is 19.2 Å². The van der Waals surface area contributed by atoms with Crippen LogP contribution in [0.4, 0.5) is 0 Å². The second-order valence-electron chi connectivity index (χ2n) is 10.4. The van der Waals surface area contributed by atoms with Crippen molar-refractivity contribution in [2.75, 3.05) is 0 Å². The molecule has 10 N–H and O–H groups in total. The molecule has 0 bridgehead atoms. The number of aliphatic carboxylic acids is 1. The third-order valence-electron chi connectivity index (χ3n) is 6.78. The van der Waals surface area contributed by atoms with Gasteiger partial charge in [0.2, 0.25) is 23.6 Å². The van der Waals surface area contributed by atoms with Gasteiger partial charge in [-0.2, -0.15) is 0 Å². The first kappa shape index (κ1) is 31.6. The molecule has 13 nitrogen and oxygen atoms in total. The number of nitrogens with one attached hydrogen (secondary N) is 4. The molecule has 0 radical (unpaired) electrons. The number of aromatic nitrogens is 1. The van der Waals surface area contributed by atoms with E-state index in [4.69, 9.17) is 11.5 Å². The maximum atomic E-state index is 13.5. The van der Waals surface area contributed by atoms with Gasteiger partial charge in [0.1, 0.15) is 23.9 Å². The highest BCUT2D eigenvalue weighted by atomic mass is 16.4. The molecule has 1 aromatic heterocycles. The van der Waals surface area contributed by atoms with Crippen molar-refractivity contribution in [1.82, 2.24) is 20.9 Å². The minimum atomic E-state index is -1.53. The second-order valence-corrected chi connectivity index (χ2v) is 10.4. The largest absolute Gasteiger partial charge is 0.508 e. The molecule has 0 spiro atoms. The Morgan fingerprint density at radius 3 is 2.05 bits per heavy atom. The number of nitrogens with two attached hydrogens (primary N) is 2. The third-order valence-corrected chi connectivity index (χ3v) is 6.78. The number of hydrogen-bond acceptors (Lipinski definition) is 7. The SMILES string of the molecule is CC(C)C(N)C(=O)NC(Cc1c[nH]c2ccccc12)C(=O)NC(CC(N)=O)C(=O)NC(Cc1ccc(O)cc1)C(=O)O. The van der Waals surface area contributed by atoms with Gasteiger partial charge in [0.05, 0.1) is 12.5 Å². The number of carboxylic acid groups (broad SMARTS) is 1. The number of carbonyl (C=O) groups excluding carboxylic acids is 4. The summed E-state index contributed by atoms with van der Waals surface area (Å²) < 4.78 is 0. The number of para-hydroxylation sites is 1. The third kappa shape index (κ3) is 8.54. The van der Waals surface area contributed by atoms with Crippen molar-refractivity contribution < 1.29 is 34.2 Å². The standard InChI is InChI=1S/C29H36N6O7/c1-15(2)25(31)28(40)34-21(12-17-14-32-20-6-4-3-5-19(17)20)26(38)33-22(13-24(30)37)27(39)35-23(29(41)42)11-16-7-9-18(36)10-8-16/h3-10,14-15,21-23,25,32,36H,11-13,31H2,1-2H3,(H2,30,37)(H,33,38)(H,34,40)(H,35,39)(H,41,42). The number of carboxylic acids is 1. The molecule has 0 aliphatic heterocycles. The van der Waals surface area contributed by atoms with Gasteiger partial charge < -0.3 is 42.6 Å². The quantitative estimate of drug-likeness (QED) is 0.130. The van der Waals surface area contributed by atoms with Crippen LogP contribution in [0.15, 0.2) is 54.7 Å². The fraction of sp³-hybridized carbons (Fsp3) is 0.345. The monoisotopic (exact) mass is 580 g/mol. The van der Waals surface area contributed by atoms with E-state index >= 15 is 0 Å². The van der Waals surface area contributed by atoms with Crippen LogP contribution in [0.3, 0.4) is 0 Å². The van der Waals surface area contributed by atoms with E-state index in [1.54, 1.807) is 20.0 Å². The fourth-order valence-electron chi connectivity index (χ4n) is 4.32. The molecule has 0 aliphatic carbocycles. The molecule has 2 aromatic carbocycles. The maximum Gasteiger partial charge on any atom is 0.326 e. The van der Waals surface area contributed by atoms with Crippen LogP contribution in [0.1, 0.15) is 31.4 Å². The minimum absolute atomic E-state index is 0.0115. The highest BCUT2D eigenvalue weighted by Gasteiger charge is 2.32. The van der Waals surface area contributed by atoms with Crippen LogP contribution in [0.2, 0.25) is 0 Å². The van der Waals surface area contributed by atoms with Crippen molar-refractivity contribution in [3.63, 3.8) is 0 Å². The van der Waals surface area contributed by atoms with Crippen molar-refractivity contribution >= 4 is 40.5 Å². The predicted octanol–water partition coefficient (Wildman–Crippen LogP) is 0.0564. The van der Waals surface area contributed by atoms with Crippen LogP contribution in [0.25, 0.3) is 10.9 Å². The predicted molar refractivity (Wildman–Crippen MR) is 154 cm³/mol. The Kier molecular flexibility index (Phi) is 10.6. The number of primary amides is 1. The summed E-state index contributed by atoms with van der Waals surface area (Å²) in [6, 6.07) is 8.06. The average Bonchev–Trinajstić information content (AvgIpc) is 3.34. The number of hydrogen-bond donors (Lipinski definition) is 8. The van der Waals surface area contributed by atoms with E-state index in [1.807, 2.05) is 24.3 Å². The molecular formula is C29H36N6O7. The number of phenols is 1. The minimum Gasteiger partial charge on any atom is -0.508 e. The molecule has 42 heavy (non-hydrogen) atoms. The fourth-order valence-corrected chi connectivity index (χ4v) is 4.32. The molecule has 0 saturated carbocycles. The van der Waals surface area contributed by atoms with E-state index < -0.39 is 60.2 Å². The number of aromatic hydroxyl groups is 1. The Morgan fingerprint density at radius 1 is 0.833 bits per heavy atom. The lowest BCUT2D eigenvalue weighted by Crippen LogP contribution is -2.58. The number of fused-ring (bicyclic) bond motifs is 1. The number of rotatable bonds is 14. The lowest BCUT2D eigenvalue weighted by molar-refractivity contribution is -0.142. The molecule has 3 aromatic rings. The zero-order chi connectivity index (χ0) is 31.0. The summed E-state index contributed by atoms with van der Waals surface area (Å²) in [7, 11) is 0. The first-order valence-electron chi connectivity index (χ1n) is 13.4. The van der Waals surface area contributed by atoms with Gasteiger partial charge in [-0.1, -0.05) is 44.2 Å². The number of carbonyl (C=O) groups is 5. The average molecular weight is 581 g/mol. The van der Waals surface area contributed by atoms with Gasteiger partial charge >= 0.3 is 5.97 Å². The summed E-state index contributed by atoms with van der Waals surface area (Å²) in [5, 5.41) is 27.4. The molecule has 0 fully saturated rings. The van der Waals surface area contributed by atoms with Gasteiger partial charge in [-0.05, 0) is 35.2 Å². The van der Waals surface area contributed by atoms with Crippen LogP contribution in [0.5, 0.6) is 5.75 Å². The lowest BCUT2D eigenvalue weighted by Gasteiger charge is -2.25. The molecule has 4 unspecified atom stereocenters. The number of H-pyrrole nitrogens is 1. The highest BCUT2D eigenvalue weighted by Crippen LogP contribution is 2.19. The topological polar surface area (TPSA) is 230 Å². The highest BCUT2D eigenvalue weighted by molar-refractivity contribution is 5.96. The van der Waals surface area contributed by atoms with Crippen LogP contribution in [-0.4, -0.2) is 69.0 Å². The van der Waals surface area contributed by atoms with E-state index in [1.165, 1.54) is 24.3 Å². The molecule has 1 heterocycles. The van der Waals surface area contributed by atoms with Gasteiger partial charge in [0.25, 0.3) is 0 Å². The molecule has 224 valence electrons. The smallest absolute Gasteiger partial charge is 0.326 e. The van der Waals surface area contributed by atoms with Crippen molar-refractivity contribution in [2.45, 2.75) is 57.3 Å². The molecule has 4 atom stereocenters. The summed E-state index contributed by atoms with van der Waals surface area (Å²) in [4.78, 5) is 66.3. The Bertz CT molecular complexity index is 1440. The zero-order valence-corrected chi connectivity index (χ0v) is 23.3. The van der Waals surface area contributed by atoms with E-state index in [2.05, 4.69) is 20.9 Å². The summed E-state index contributed by atoms with van der Waals surface area (Å²) in [5.74, 6) is -4.84. The molecule has 0 aliphatic rings. The van der Waals surface area contributed by atoms with Crippen molar-refractivity contribution in [3.05, 3.63) is 65.9 Å². The first-order chi connectivity index (χ1) is 19.8. The molecule has 0 saturated heterocycles. The Balaban J connectivity index is 1.83. The van der Waals surface area contributed by atoms with Gasteiger partial charge in [-0.25, -0.2) is 4.79 Å². The number of phenolic OH excluding ortho intramolecular Hbond substituents is 1. The summed E-state index contributed by atoms with van der Waals surface area (Å²) in [6.07, 6.45) is 0.969. The summed E-state index contributed by atoms with van der Waals surface area (Å²) in [5.41, 5.74) is 13.4. The van der Waals surface area contributed by atoms with Crippen molar-refractivity contribution in [1.29, 1.82) is 0 Å². The van der Waals surface area contributed by atoms with Crippen LogP contribution >= 0.6 is 0 Å². The van der Waals surface area contributed by atoms with Crippen LogP contribution in [-0.2, 0) is 36.8 Å². The normalized spacial score (nSPS) is 14.0. The van der Waals surface area contributed by atoms with Gasteiger partial charge in [-0.15, -0.1) is 0 Å². The van der Waals surface area contributed by atoms with Crippen molar-refractivity contribution in [3.8, 4) is 5.75 Å². The summed E-state index contributed by atoms with van der Waals surface area (Å²) >= 11 is 0. The van der Waals surface area contributed by atoms with Gasteiger partial charge in [0, 0.05) is 29.9 Å². The second kappa shape index (κ2) is 14.1. The molecule has 3 rings (SSSR count). The number of aromatic amines is 1. The van der Waals surface area contributed by atoms with E-state index in [0.717, 1.165) is 10.9 Å². The number of amides is 4. The van der Waals surface area contributed by atoms with Crippen LogP contribution in [0, 0.1) is 5.92 Å². The number of benzene rings is 2. The molecular weight excluding hydrogens is 544 g/mol. The van der Waals surface area contributed by atoms with E-state index in [-0.39, 0.29) is 24.5 Å². The zero-order valence-electron chi connectivity index (χ0n) is 23.3.